The van der Waals surface area contributed by atoms with E-state index in [1.807, 2.05) is 0 Å². The molecule has 1 amide bonds. The minimum Gasteiger partial charge on any atom is -0.478 e. The van der Waals surface area contributed by atoms with Crippen molar-refractivity contribution in [3.05, 3.63) is 12.2 Å². The first-order valence-electron chi connectivity index (χ1n) is 4.41. The molecule has 0 aromatic heterocycles. The second kappa shape index (κ2) is 8.45. The summed E-state index contributed by atoms with van der Waals surface area (Å²) < 4.78 is 5.21. The highest BCUT2D eigenvalue weighted by Crippen LogP contribution is 2.01. The van der Waals surface area contributed by atoms with Crippen LogP contribution in [0.15, 0.2) is 12.2 Å². The molecule has 1 fully saturated rings. The van der Waals surface area contributed by atoms with Crippen molar-refractivity contribution in [2.24, 2.45) is 5.73 Å². The number of carbonyl (C=O) groups excluding carboxylic acids is 1. The van der Waals surface area contributed by atoms with Crippen molar-refractivity contribution in [3.8, 4) is 0 Å². The molecule has 0 aromatic carbocycles. The fourth-order valence-electron chi connectivity index (χ4n) is 0.841. The van der Waals surface area contributed by atoms with Crippen molar-refractivity contribution in [3.63, 3.8) is 0 Å². The maximum absolute atomic E-state index is 9.78. The molecule has 5 nitrogen and oxygen atoms in total. The lowest BCUT2D eigenvalue weighted by Crippen LogP contribution is -2.06. The van der Waals surface area contributed by atoms with E-state index in [0.717, 1.165) is 12.7 Å². The van der Waals surface area contributed by atoms with Gasteiger partial charge >= 0.3 is 5.97 Å². The van der Waals surface area contributed by atoms with Gasteiger partial charge in [-0.25, -0.2) is 4.79 Å². The molecule has 6 heteroatoms. The number of carboxylic acids is 1. The third kappa shape index (κ3) is 10.9. The van der Waals surface area contributed by atoms with Crippen LogP contribution >= 0.6 is 0 Å². The van der Waals surface area contributed by atoms with Crippen LogP contribution in [0.5, 0.6) is 0 Å². The van der Waals surface area contributed by atoms with Gasteiger partial charge in [-0.05, 0) is 12.5 Å². The largest absolute Gasteiger partial charge is 0.478 e. The minimum atomic E-state index is -1.18. The number of nitrogens with two attached hydrogens (primary N) is 1. The van der Waals surface area contributed by atoms with Crippen molar-refractivity contribution in [2.45, 2.75) is 18.9 Å². The molecular weight excluding hydrogens is 202 g/mol. The molecular formula is C8H15NO4Si. The van der Waals surface area contributed by atoms with Gasteiger partial charge in [0.1, 0.15) is 0 Å². The van der Waals surface area contributed by atoms with E-state index < -0.39 is 11.9 Å². The molecule has 0 bridgehead atoms. The van der Waals surface area contributed by atoms with Gasteiger partial charge in [0.25, 0.3) is 0 Å². The third-order valence-electron chi connectivity index (χ3n) is 1.47. The van der Waals surface area contributed by atoms with E-state index in [9.17, 15) is 9.59 Å². The Morgan fingerprint density at radius 2 is 2.07 bits per heavy atom. The van der Waals surface area contributed by atoms with Crippen LogP contribution in [-0.4, -0.2) is 33.4 Å². The summed E-state index contributed by atoms with van der Waals surface area (Å²) in [5.41, 5.74) is 4.55. The van der Waals surface area contributed by atoms with E-state index in [1.165, 1.54) is 18.9 Å². The number of hydrogen-bond acceptors (Lipinski definition) is 3. The smallest absolute Gasteiger partial charge is 0.328 e. The van der Waals surface area contributed by atoms with Crippen LogP contribution in [0.25, 0.3) is 0 Å². The Bertz CT molecular complexity index is 186. The second-order valence-corrected chi connectivity index (χ2v) is 4.27. The number of carboxylic acid groups (broad SMARTS) is 1. The lowest BCUT2D eigenvalue weighted by Gasteiger charge is -2.07. The topological polar surface area (TPSA) is 89.6 Å². The Morgan fingerprint density at radius 1 is 1.36 bits per heavy atom. The lowest BCUT2D eigenvalue weighted by molar-refractivity contribution is -0.131. The SMILES string of the molecule is C1CC[SiH2]OC1.NC(=O)/C=C\C(=O)O. The summed E-state index contributed by atoms with van der Waals surface area (Å²) >= 11 is 0. The van der Waals surface area contributed by atoms with Gasteiger partial charge in [-0.15, -0.1) is 0 Å². The Hall–Kier alpha value is -1.14. The summed E-state index contributed by atoms with van der Waals surface area (Å²) in [6, 6.07) is 1.42. The summed E-state index contributed by atoms with van der Waals surface area (Å²) in [4.78, 5) is 19.4. The molecule has 0 aromatic rings. The molecule has 14 heavy (non-hydrogen) atoms. The summed E-state index contributed by atoms with van der Waals surface area (Å²) in [5.74, 6) is -1.93. The van der Waals surface area contributed by atoms with Crippen molar-refractivity contribution in [1.29, 1.82) is 0 Å². The van der Waals surface area contributed by atoms with Crippen molar-refractivity contribution >= 4 is 21.6 Å². The molecule has 0 atom stereocenters. The number of carbonyl (C=O) groups is 2. The normalized spacial score (nSPS) is 17.4. The first-order valence-corrected chi connectivity index (χ1v) is 5.99. The van der Waals surface area contributed by atoms with Gasteiger partial charge in [-0.3, -0.25) is 4.79 Å². The van der Waals surface area contributed by atoms with Gasteiger partial charge in [0.05, 0.1) is 0 Å². The number of amides is 1. The maximum atomic E-state index is 9.78. The zero-order chi connectivity index (χ0) is 10.8. The zero-order valence-corrected chi connectivity index (χ0v) is 9.35. The van der Waals surface area contributed by atoms with E-state index >= 15 is 0 Å². The third-order valence-corrected chi connectivity index (χ3v) is 2.83. The van der Waals surface area contributed by atoms with E-state index in [4.69, 9.17) is 9.53 Å². The minimum absolute atomic E-state index is 0.00849. The van der Waals surface area contributed by atoms with Crippen molar-refractivity contribution in [2.75, 3.05) is 6.61 Å². The summed E-state index contributed by atoms with van der Waals surface area (Å²) in [5, 5.41) is 7.87. The first-order chi connectivity index (χ1) is 6.63. The van der Waals surface area contributed by atoms with E-state index in [-0.39, 0.29) is 9.76 Å². The summed E-state index contributed by atoms with van der Waals surface area (Å²) in [6.07, 6.45) is 4.21. The maximum Gasteiger partial charge on any atom is 0.328 e. The van der Waals surface area contributed by atoms with Gasteiger partial charge in [0, 0.05) is 18.8 Å². The summed E-state index contributed by atoms with van der Waals surface area (Å²) in [7, 11) is 0.00849. The monoisotopic (exact) mass is 217 g/mol. The highest BCUT2D eigenvalue weighted by molar-refractivity contribution is 6.27. The number of aliphatic carboxylic acids is 1. The van der Waals surface area contributed by atoms with Crippen LogP contribution < -0.4 is 5.73 Å². The van der Waals surface area contributed by atoms with Crippen LogP contribution in [0.2, 0.25) is 6.04 Å². The molecule has 3 N–H and O–H groups in total. The molecule has 0 unspecified atom stereocenters. The van der Waals surface area contributed by atoms with Gasteiger partial charge in [-0.1, -0.05) is 6.42 Å². The van der Waals surface area contributed by atoms with Gasteiger partial charge < -0.3 is 15.3 Å². The Balaban J connectivity index is 0.000000249. The predicted octanol–water partition coefficient (Wildman–Crippen LogP) is -0.589. The Morgan fingerprint density at radius 3 is 2.21 bits per heavy atom. The quantitative estimate of drug-likeness (QED) is 0.478. The van der Waals surface area contributed by atoms with Crippen molar-refractivity contribution in [1.82, 2.24) is 0 Å². The van der Waals surface area contributed by atoms with E-state index in [0.29, 0.717) is 6.08 Å². The van der Waals surface area contributed by atoms with Gasteiger partial charge in [-0.2, -0.15) is 0 Å². The molecule has 0 radical (unpaired) electrons. The molecule has 1 rings (SSSR count). The highest BCUT2D eigenvalue weighted by atomic mass is 28.2. The van der Waals surface area contributed by atoms with Crippen LogP contribution in [0.4, 0.5) is 0 Å². The van der Waals surface area contributed by atoms with Gasteiger partial charge in [0.2, 0.25) is 5.91 Å². The van der Waals surface area contributed by atoms with E-state index in [2.05, 4.69) is 5.73 Å². The fourth-order valence-corrected chi connectivity index (χ4v) is 2.01. The molecule has 0 spiro atoms. The predicted molar refractivity (Wildman–Crippen MR) is 54.5 cm³/mol. The van der Waals surface area contributed by atoms with Crippen molar-refractivity contribution < 1.29 is 19.1 Å². The molecule has 0 saturated carbocycles. The molecule has 1 aliphatic rings. The average molecular weight is 217 g/mol. The van der Waals surface area contributed by atoms with Crippen LogP contribution in [0, 0.1) is 0 Å². The Labute approximate surface area is 84.9 Å². The first kappa shape index (κ1) is 12.9. The highest BCUT2D eigenvalue weighted by Gasteiger charge is 1.96. The number of primary amides is 1. The molecule has 0 aliphatic carbocycles. The molecule has 80 valence electrons. The number of hydrogen-bond donors (Lipinski definition) is 2. The fraction of sp³-hybridized carbons (Fsp3) is 0.500. The number of rotatable bonds is 2. The van der Waals surface area contributed by atoms with Gasteiger partial charge in [0.15, 0.2) is 9.76 Å². The summed E-state index contributed by atoms with van der Waals surface area (Å²) in [6.45, 7) is 1.06. The Kier molecular flexibility index (Phi) is 7.76. The molecule has 1 heterocycles. The van der Waals surface area contributed by atoms with Crippen LogP contribution in [-0.2, 0) is 14.0 Å². The van der Waals surface area contributed by atoms with E-state index in [1.54, 1.807) is 0 Å². The lowest BCUT2D eigenvalue weighted by atomic mass is 10.4. The molecule has 1 saturated heterocycles. The zero-order valence-electron chi connectivity index (χ0n) is 7.94. The molecule has 1 aliphatic heterocycles. The van der Waals surface area contributed by atoms with Crippen LogP contribution in [0.1, 0.15) is 12.8 Å². The van der Waals surface area contributed by atoms with Crippen LogP contribution in [0.3, 0.4) is 0 Å². The standard InChI is InChI=1S/C4H5NO3.C4H10OSi/c5-3(6)1-2-4(7)8;1-2-4-6-5-3-1/h1-2H,(H2,5,6)(H,7,8);1-4,6H2/b2-1-;. The average Bonchev–Trinajstić information content (AvgIpc) is 2.18. The second-order valence-electron chi connectivity index (χ2n) is 2.75.